The van der Waals surface area contributed by atoms with E-state index >= 15 is 0 Å². The molecular formula is C19H19NO3S. The van der Waals surface area contributed by atoms with Crippen LogP contribution in [0.4, 0.5) is 0 Å². The van der Waals surface area contributed by atoms with Gasteiger partial charge in [-0.3, -0.25) is 0 Å². The number of benzene rings is 2. The number of aromatic nitrogens is 1. The maximum Gasteiger partial charge on any atom is 0.397 e. The van der Waals surface area contributed by atoms with Gasteiger partial charge < -0.3 is 9.15 Å². The van der Waals surface area contributed by atoms with Crippen LogP contribution < -0.4 is 10.4 Å². The van der Waals surface area contributed by atoms with Crippen LogP contribution in [0.25, 0.3) is 10.9 Å². The zero-order valence-corrected chi connectivity index (χ0v) is 14.5. The van der Waals surface area contributed by atoms with E-state index in [4.69, 9.17) is 9.15 Å². The highest BCUT2D eigenvalue weighted by Crippen LogP contribution is 2.22. The minimum absolute atomic E-state index is 0.0267. The number of hydrogen-bond acceptors (Lipinski definition) is 5. The molecule has 0 radical (unpaired) electrons. The van der Waals surface area contributed by atoms with Crippen LogP contribution in [0.5, 0.6) is 6.08 Å². The van der Waals surface area contributed by atoms with E-state index in [2.05, 4.69) is 24.0 Å². The first-order valence-corrected chi connectivity index (χ1v) is 9.10. The summed E-state index contributed by atoms with van der Waals surface area (Å²) in [5, 5.41) is 0.476. The molecule has 0 bridgehead atoms. The molecule has 124 valence electrons. The van der Waals surface area contributed by atoms with Crippen molar-refractivity contribution >= 4 is 22.7 Å². The van der Waals surface area contributed by atoms with Crippen molar-refractivity contribution < 1.29 is 9.15 Å². The van der Waals surface area contributed by atoms with Gasteiger partial charge in [-0.25, -0.2) is 4.79 Å². The molecule has 2 aromatic carbocycles. The number of fused-ring (bicyclic) bond motifs is 1. The smallest absolute Gasteiger partial charge is 0.397 e. The van der Waals surface area contributed by atoms with Crippen molar-refractivity contribution in [1.29, 1.82) is 0 Å². The van der Waals surface area contributed by atoms with E-state index in [-0.39, 0.29) is 12.0 Å². The van der Waals surface area contributed by atoms with E-state index in [1.807, 2.05) is 36.6 Å². The van der Waals surface area contributed by atoms with Gasteiger partial charge in [0.15, 0.2) is 0 Å². The molecule has 0 aliphatic rings. The van der Waals surface area contributed by atoms with Crippen LogP contribution in [0.2, 0.25) is 0 Å². The molecule has 1 heterocycles. The molecule has 0 fully saturated rings. The Morgan fingerprint density at radius 2 is 2.00 bits per heavy atom. The highest BCUT2D eigenvalue weighted by Gasteiger charge is 2.13. The van der Waals surface area contributed by atoms with E-state index in [0.29, 0.717) is 17.5 Å². The fraction of sp³-hybridized carbons (Fsp3) is 0.263. The summed E-state index contributed by atoms with van der Waals surface area (Å²) in [6.07, 6.45) is 2.92. The van der Waals surface area contributed by atoms with Crippen LogP contribution in [0.3, 0.4) is 0 Å². The summed E-state index contributed by atoms with van der Waals surface area (Å²) in [7, 11) is 0. The fourth-order valence-corrected chi connectivity index (χ4v) is 3.01. The highest BCUT2D eigenvalue weighted by molar-refractivity contribution is 7.98. The first-order valence-electron chi connectivity index (χ1n) is 7.88. The van der Waals surface area contributed by atoms with Gasteiger partial charge in [0, 0.05) is 10.8 Å². The molecule has 0 aliphatic carbocycles. The molecule has 1 aromatic heterocycles. The predicted octanol–water partition coefficient (Wildman–Crippen LogP) is 4.48. The molecule has 0 aliphatic heterocycles. The number of thioether (sulfide) groups is 1. The lowest BCUT2D eigenvalue weighted by Gasteiger charge is -2.15. The molecule has 0 spiro atoms. The summed E-state index contributed by atoms with van der Waals surface area (Å²) in [4.78, 5) is 17.5. The van der Waals surface area contributed by atoms with Crippen molar-refractivity contribution in [1.82, 2.24) is 4.98 Å². The molecule has 4 nitrogen and oxygen atoms in total. The summed E-state index contributed by atoms with van der Waals surface area (Å²) in [6, 6.07) is 15.7. The Labute approximate surface area is 144 Å². The molecule has 0 saturated carbocycles. The van der Waals surface area contributed by atoms with Crippen molar-refractivity contribution in [2.75, 3.05) is 12.9 Å². The average Bonchev–Trinajstić information content (AvgIpc) is 2.63. The van der Waals surface area contributed by atoms with Crippen molar-refractivity contribution in [3.05, 3.63) is 64.5 Å². The molecule has 1 atom stereocenters. The zero-order chi connectivity index (χ0) is 16.9. The number of nitrogens with zero attached hydrogens (tertiary/aromatic N) is 1. The van der Waals surface area contributed by atoms with Gasteiger partial charge in [-0.05, 0) is 36.4 Å². The van der Waals surface area contributed by atoms with Gasteiger partial charge in [-0.15, -0.1) is 11.8 Å². The molecule has 0 N–H and O–H groups in total. The third-order valence-corrected chi connectivity index (χ3v) is 4.71. The van der Waals surface area contributed by atoms with Gasteiger partial charge in [0.1, 0.15) is 0 Å². The van der Waals surface area contributed by atoms with Crippen molar-refractivity contribution in [2.45, 2.75) is 24.2 Å². The topological polar surface area (TPSA) is 52.3 Å². The molecule has 3 aromatic rings. The molecule has 1 unspecified atom stereocenters. The maximum atomic E-state index is 12.2. The van der Waals surface area contributed by atoms with Gasteiger partial charge in [0.25, 0.3) is 0 Å². The molecule has 0 saturated heterocycles. The van der Waals surface area contributed by atoms with Gasteiger partial charge in [-0.1, -0.05) is 37.3 Å². The second-order valence-corrected chi connectivity index (χ2v) is 6.36. The van der Waals surface area contributed by atoms with E-state index < -0.39 is 5.63 Å². The Balaban J connectivity index is 1.81. The number of rotatable bonds is 6. The predicted molar refractivity (Wildman–Crippen MR) is 97.0 cm³/mol. The lowest BCUT2D eigenvalue weighted by molar-refractivity contribution is 0.200. The zero-order valence-electron chi connectivity index (χ0n) is 13.7. The number of ether oxygens (including phenoxy) is 1. The van der Waals surface area contributed by atoms with Gasteiger partial charge in [0.2, 0.25) is 0 Å². The Kier molecular flexibility index (Phi) is 5.20. The first kappa shape index (κ1) is 16.6. The lowest BCUT2D eigenvalue weighted by Crippen LogP contribution is -2.12. The first-order chi connectivity index (χ1) is 11.7. The van der Waals surface area contributed by atoms with E-state index in [1.54, 1.807) is 17.8 Å². The van der Waals surface area contributed by atoms with Crippen LogP contribution in [0.1, 0.15) is 24.8 Å². The largest absolute Gasteiger partial charge is 0.449 e. The Morgan fingerprint density at radius 3 is 2.71 bits per heavy atom. The quantitative estimate of drug-likeness (QED) is 0.619. The van der Waals surface area contributed by atoms with Crippen LogP contribution in [-0.4, -0.2) is 17.8 Å². The monoisotopic (exact) mass is 341 g/mol. The minimum Gasteiger partial charge on any atom is -0.449 e. The standard InChI is InChI=1S/C19H19NO3S/c1-3-13(14-7-5-4-6-8-14)12-22-19-20-17-10-9-15(24-2)11-16(17)18(21)23-19/h4-11,13H,3,12H2,1-2H3. The second-order valence-electron chi connectivity index (χ2n) is 5.48. The molecule has 24 heavy (non-hydrogen) atoms. The molecule has 3 rings (SSSR count). The molecule has 5 heteroatoms. The summed E-state index contributed by atoms with van der Waals surface area (Å²) in [5.74, 6) is 0.230. The SMILES string of the molecule is CCC(COc1nc2ccc(SC)cc2c(=O)o1)c1ccccc1. The van der Waals surface area contributed by atoms with E-state index in [1.165, 1.54) is 5.56 Å². The summed E-state index contributed by atoms with van der Waals surface area (Å²) >= 11 is 1.57. The summed E-state index contributed by atoms with van der Waals surface area (Å²) in [5.41, 5.74) is 1.37. The van der Waals surface area contributed by atoms with Gasteiger partial charge >= 0.3 is 11.7 Å². The van der Waals surface area contributed by atoms with Gasteiger partial charge in [0.05, 0.1) is 17.5 Å². The van der Waals surface area contributed by atoms with E-state index in [0.717, 1.165) is 11.3 Å². The van der Waals surface area contributed by atoms with Crippen molar-refractivity contribution in [3.8, 4) is 6.08 Å². The van der Waals surface area contributed by atoms with Crippen LogP contribution in [0, 0.1) is 0 Å². The Morgan fingerprint density at radius 1 is 1.21 bits per heavy atom. The summed E-state index contributed by atoms with van der Waals surface area (Å²) < 4.78 is 10.9. The van der Waals surface area contributed by atoms with Crippen LogP contribution in [-0.2, 0) is 0 Å². The number of hydrogen-bond donors (Lipinski definition) is 0. The highest BCUT2D eigenvalue weighted by atomic mass is 32.2. The third kappa shape index (κ3) is 3.62. The van der Waals surface area contributed by atoms with Crippen LogP contribution in [0.15, 0.2) is 62.6 Å². The minimum atomic E-state index is -0.418. The van der Waals surface area contributed by atoms with Crippen molar-refractivity contribution in [3.63, 3.8) is 0 Å². The normalized spacial score (nSPS) is 12.2. The third-order valence-electron chi connectivity index (χ3n) is 3.99. The molecular weight excluding hydrogens is 322 g/mol. The average molecular weight is 341 g/mol. The van der Waals surface area contributed by atoms with Crippen LogP contribution >= 0.6 is 11.8 Å². The summed E-state index contributed by atoms with van der Waals surface area (Å²) in [6.45, 7) is 2.53. The lowest BCUT2D eigenvalue weighted by atomic mass is 9.98. The van der Waals surface area contributed by atoms with E-state index in [9.17, 15) is 4.79 Å². The second kappa shape index (κ2) is 7.53. The Bertz CT molecular complexity index is 877. The van der Waals surface area contributed by atoms with Crippen molar-refractivity contribution in [2.24, 2.45) is 0 Å². The Hall–Kier alpha value is -2.27. The van der Waals surface area contributed by atoms with Gasteiger partial charge in [-0.2, -0.15) is 4.98 Å². The molecule has 0 amide bonds. The maximum absolute atomic E-state index is 12.2. The fourth-order valence-electron chi connectivity index (χ4n) is 2.57.